The molecular weight excluding hydrogens is 311 g/mol. The molecule has 23 heavy (non-hydrogen) atoms. The van der Waals surface area contributed by atoms with E-state index >= 15 is 0 Å². The van der Waals surface area contributed by atoms with Gasteiger partial charge in [-0.1, -0.05) is 48.5 Å². The normalized spacial score (nSPS) is 10.3. The van der Waals surface area contributed by atoms with Gasteiger partial charge in [0.15, 0.2) is 5.11 Å². The van der Waals surface area contributed by atoms with Crippen molar-refractivity contribution in [3.63, 3.8) is 0 Å². The average Bonchev–Trinajstić information content (AvgIpc) is 2.55. The fourth-order valence-corrected chi connectivity index (χ4v) is 2.51. The first-order valence-electron chi connectivity index (χ1n) is 7.00. The largest absolute Gasteiger partial charge is 0.332 e. The lowest BCUT2D eigenvalue weighted by Gasteiger charge is -2.12. The van der Waals surface area contributed by atoms with E-state index in [1.165, 1.54) is 18.2 Å². The van der Waals surface area contributed by atoms with Gasteiger partial charge >= 0.3 is 0 Å². The molecule has 0 fully saturated rings. The highest BCUT2D eigenvalue weighted by Crippen LogP contribution is 2.22. The highest BCUT2D eigenvalue weighted by Gasteiger charge is 2.12. The minimum Gasteiger partial charge on any atom is -0.332 e. The number of hydrogen-bond donors (Lipinski definition) is 2. The van der Waals surface area contributed by atoms with Crippen LogP contribution in [0.3, 0.4) is 0 Å². The molecule has 114 valence electrons. The van der Waals surface area contributed by atoms with Gasteiger partial charge in [0.25, 0.3) is 5.91 Å². The minimum atomic E-state index is -0.585. The van der Waals surface area contributed by atoms with Crippen molar-refractivity contribution in [1.29, 1.82) is 0 Å². The molecule has 1 amide bonds. The molecule has 0 saturated carbocycles. The van der Waals surface area contributed by atoms with Gasteiger partial charge in [0.2, 0.25) is 0 Å². The Balaban J connectivity index is 1.77. The minimum absolute atomic E-state index is 0.0467. The highest BCUT2D eigenvalue weighted by atomic mass is 32.1. The zero-order valence-corrected chi connectivity index (χ0v) is 12.9. The van der Waals surface area contributed by atoms with Crippen molar-refractivity contribution in [3.8, 4) is 0 Å². The molecule has 0 heterocycles. The number of nitrogens with one attached hydrogen (secondary N) is 2. The molecule has 5 heteroatoms. The number of amides is 1. The number of anilines is 1. The topological polar surface area (TPSA) is 41.1 Å². The lowest BCUT2D eigenvalue weighted by Crippen LogP contribution is -2.34. The maximum Gasteiger partial charge on any atom is 0.260 e. The maximum atomic E-state index is 13.6. The van der Waals surface area contributed by atoms with Crippen LogP contribution in [0.5, 0.6) is 0 Å². The monoisotopic (exact) mass is 324 g/mol. The van der Waals surface area contributed by atoms with Crippen molar-refractivity contribution in [3.05, 3.63) is 78.1 Å². The Morgan fingerprint density at radius 3 is 2.43 bits per heavy atom. The molecule has 0 spiro atoms. The highest BCUT2D eigenvalue weighted by molar-refractivity contribution is 7.80. The summed E-state index contributed by atoms with van der Waals surface area (Å²) in [4.78, 5) is 12.1. The van der Waals surface area contributed by atoms with E-state index in [4.69, 9.17) is 12.2 Å². The van der Waals surface area contributed by atoms with Crippen LogP contribution in [0.1, 0.15) is 10.4 Å². The fourth-order valence-electron chi connectivity index (χ4n) is 2.30. The summed E-state index contributed by atoms with van der Waals surface area (Å²) in [5.41, 5.74) is 0.733. The first-order chi connectivity index (χ1) is 11.1. The molecule has 0 atom stereocenters. The van der Waals surface area contributed by atoms with Crippen LogP contribution in [0, 0.1) is 5.82 Å². The zero-order chi connectivity index (χ0) is 16.2. The van der Waals surface area contributed by atoms with Crippen molar-refractivity contribution >= 4 is 39.7 Å². The molecule has 0 radical (unpaired) electrons. The van der Waals surface area contributed by atoms with Crippen molar-refractivity contribution in [2.75, 3.05) is 5.32 Å². The lowest BCUT2D eigenvalue weighted by atomic mass is 10.1. The van der Waals surface area contributed by atoms with Gasteiger partial charge in [-0.2, -0.15) is 0 Å². The third kappa shape index (κ3) is 3.35. The van der Waals surface area contributed by atoms with Gasteiger partial charge in [0.05, 0.1) is 5.56 Å². The van der Waals surface area contributed by atoms with Crippen LogP contribution in [0.4, 0.5) is 10.1 Å². The molecule has 0 saturated heterocycles. The van der Waals surface area contributed by atoms with Crippen LogP contribution >= 0.6 is 12.2 Å². The molecular formula is C18H13FN2OS. The molecule has 3 aromatic rings. The standard InChI is InChI=1S/C18H13FN2OS/c19-15-10-4-3-9-14(15)17(22)21-18(23)20-16-11-5-7-12-6-1-2-8-13(12)16/h1-11H,(H2,20,21,22,23). The second kappa shape index (κ2) is 6.54. The van der Waals surface area contributed by atoms with Crippen LogP contribution in [-0.4, -0.2) is 11.0 Å². The number of hydrogen-bond acceptors (Lipinski definition) is 2. The number of fused-ring (bicyclic) bond motifs is 1. The Kier molecular flexibility index (Phi) is 4.30. The smallest absolute Gasteiger partial charge is 0.260 e. The number of halogens is 1. The van der Waals surface area contributed by atoms with Crippen LogP contribution in [0.15, 0.2) is 66.7 Å². The predicted molar refractivity (Wildman–Crippen MR) is 94.0 cm³/mol. The van der Waals surface area contributed by atoms with E-state index in [-0.39, 0.29) is 10.7 Å². The van der Waals surface area contributed by atoms with Gasteiger partial charge in [-0.15, -0.1) is 0 Å². The van der Waals surface area contributed by atoms with E-state index in [1.54, 1.807) is 6.07 Å². The van der Waals surface area contributed by atoms with Crippen molar-refractivity contribution in [1.82, 2.24) is 5.32 Å². The Labute approximate surface area is 138 Å². The summed E-state index contributed by atoms with van der Waals surface area (Å²) in [6, 6.07) is 19.3. The van der Waals surface area contributed by atoms with Crippen LogP contribution in [0.2, 0.25) is 0 Å². The van der Waals surface area contributed by atoms with E-state index in [9.17, 15) is 9.18 Å². The van der Waals surface area contributed by atoms with E-state index in [1.807, 2.05) is 42.5 Å². The first-order valence-corrected chi connectivity index (χ1v) is 7.40. The molecule has 0 aliphatic rings. The summed E-state index contributed by atoms with van der Waals surface area (Å²) in [5, 5.41) is 7.63. The molecule has 0 unspecified atom stereocenters. The molecule has 3 rings (SSSR count). The van der Waals surface area contributed by atoms with Gasteiger partial charge in [-0.25, -0.2) is 4.39 Å². The number of thiocarbonyl (C=S) groups is 1. The molecule has 3 nitrogen and oxygen atoms in total. The maximum absolute atomic E-state index is 13.6. The number of carbonyl (C=O) groups is 1. The third-order valence-electron chi connectivity index (χ3n) is 3.38. The van der Waals surface area contributed by atoms with Crippen molar-refractivity contribution in [2.45, 2.75) is 0 Å². The van der Waals surface area contributed by atoms with Gasteiger partial charge < -0.3 is 5.32 Å². The second-order valence-electron chi connectivity index (χ2n) is 4.91. The molecule has 0 aliphatic carbocycles. The van der Waals surface area contributed by atoms with Gasteiger partial charge in [-0.05, 0) is 35.8 Å². The van der Waals surface area contributed by atoms with E-state index in [2.05, 4.69) is 10.6 Å². The Morgan fingerprint density at radius 1 is 0.913 bits per heavy atom. The average molecular weight is 324 g/mol. The number of rotatable bonds is 2. The molecule has 2 N–H and O–H groups in total. The third-order valence-corrected chi connectivity index (χ3v) is 3.59. The van der Waals surface area contributed by atoms with Crippen LogP contribution in [-0.2, 0) is 0 Å². The summed E-state index contributed by atoms with van der Waals surface area (Å²) in [5.74, 6) is -1.17. The van der Waals surface area contributed by atoms with Crippen molar-refractivity contribution < 1.29 is 9.18 Å². The summed E-state index contributed by atoms with van der Waals surface area (Å²) >= 11 is 5.15. The van der Waals surface area contributed by atoms with Gasteiger partial charge in [-0.3, -0.25) is 10.1 Å². The van der Waals surface area contributed by atoms with E-state index in [0.29, 0.717) is 0 Å². The Hall–Kier alpha value is -2.79. The van der Waals surface area contributed by atoms with Gasteiger partial charge in [0.1, 0.15) is 5.82 Å². The quantitative estimate of drug-likeness (QED) is 0.697. The summed E-state index contributed by atoms with van der Waals surface area (Å²) in [7, 11) is 0. The lowest BCUT2D eigenvalue weighted by molar-refractivity contribution is 0.0974. The summed E-state index contributed by atoms with van der Waals surface area (Å²) in [6.07, 6.45) is 0. The van der Waals surface area contributed by atoms with Crippen LogP contribution < -0.4 is 10.6 Å². The molecule has 0 bridgehead atoms. The van der Waals surface area contributed by atoms with E-state index in [0.717, 1.165) is 16.5 Å². The molecule has 0 aromatic heterocycles. The number of carbonyl (C=O) groups excluding carboxylic acids is 1. The molecule has 0 aliphatic heterocycles. The zero-order valence-electron chi connectivity index (χ0n) is 12.0. The first kappa shape index (κ1) is 15.1. The predicted octanol–water partition coefficient (Wildman–Crippen LogP) is 4.11. The summed E-state index contributed by atoms with van der Waals surface area (Å²) in [6.45, 7) is 0. The SMILES string of the molecule is O=C(NC(=S)Nc1cccc2ccccc12)c1ccccc1F. The van der Waals surface area contributed by atoms with E-state index < -0.39 is 11.7 Å². The summed E-state index contributed by atoms with van der Waals surface area (Å²) < 4.78 is 13.6. The second-order valence-corrected chi connectivity index (χ2v) is 5.32. The Bertz CT molecular complexity index is 890. The number of benzene rings is 3. The van der Waals surface area contributed by atoms with Gasteiger partial charge in [0, 0.05) is 11.1 Å². The molecule has 3 aromatic carbocycles. The van der Waals surface area contributed by atoms with Crippen molar-refractivity contribution in [2.24, 2.45) is 0 Å². The van der Waals surface area contributed by atoms with Crippen LogP contribution in [0.25, 0.3) is 10.8 Å². The fraction of sp³-hybridized carbons (Fsp3) is 0. The Morgan fingerprint density at radius 2 is 1.61 bits per heavy atom.